The molecule has 68 valence electrons. The van der Waals surface area contributed by atoms with Crippen LogP contribution >= 0.6 is 8.70 Å². The number of fused-ring (bicyclic) bond motifs is 1. The van der Waals surface area contributed by atoms with Gasteiger partial charge in [0.15, 0.2) is 0 Å². The van der Waals surface area contributed by atoms with Crippen molar-refractivity contribution in [3.8, 4) is 5.75 Å². The molecule has 0 fully saturated rings. The van der Waals surface area contributed by atoms with E-state index in [9.17, 15) is 0 Å². The number of rotatable bonds is 0. The molecule has 4 heteroatoms. The molecule has 0 saturated heterocycles. The van der Waals surface area contributed by atoms with Crippen LogP contribution < -0.4 is 0 Å². The summed E-state index contributed by atoms with van der Waals surface area (Å²) < 4.78 is 1.95. The summed E-state index contributed by atoms with van der Waals surface area (Å²) in [7, 11) is 6.02. The third kappa shape index (κ3) is 1.44. The van der Waals surface area contributed by atoms with Crippen LogP contribution in [-0.2, 0) is 20.0 Å². The van der Waals surface area contributed by atoms with Crippen LogP contribution in [0.1, 0.15) is 17.0 Å². The Labute approximate surface area is 80.2 Å². The van der Waals surface area contributed by atoms with Gasteiger partial charge >= 0.3 is 79.6 Å². The zero-order valence-corrected chi connectivity index (χ0v) is 8.80. The average molecular weight is 193 g/mol. The van der Waals surface area contributed by atoms with Crippen molar-refractivity contribution in [3.63, 3.8) is 0 Å². The molecule has 0 atom stereocenters. The summed E-state index contributed by atoms with van der Waals surface area (Å²) in [6.45, 7) is 3.97. The van der Waals surface area contributed by atoms with E-state index in [1.54, 1.807) is 0 Å². The average Bonchev–Trinajstić information content (AvgIpc) is 2.42. The summed E-state index contributed by atoms with van der Waals surface area (Å²) in [6, 6.07) is 0. The van der Waals surface area contributed by atoms with E-state index >= 15 is 0 Å². The van der Waals surface area contributed by atoms with E-state index in [0.29, 0.717) is 0 Å². The molecule has 2 heterocycles. The van der Waals surface area contributed by atoms with Crippen LogP contribution in [0.15, 0.2) is 0 Å². The van der Waals surface area contributed by atoms with Gasteiger partial charge in [-0.15, -0.1) is 0 Å². The van der Waals surface area contributed by atoms with Gasteiger partial charge in [-0.05, 0) is 0 Å². The number of nitrogens with zero attached hydrogens (tertiary/aromatic N) is 3. The molecule has 0 amide bonds. The Morgan fingerprint density at radius 2 is 2.31 bits per heavy atom. The molecule has 1 aliphatic heterocycles. The molecular weight excluding hydrogens is 181 g/mol. The quantitative estimate of drug-likeness (QED) is 0.581. The predicted octanol–water partition coefficient (Wildman–Crippen LogP) is 1.41. The number of hydrogen-bond acceptors (Lipinski definition) is 2. The standard InChI is InChI=1S/C9H12N3P/c1-7-8-3-4-12(6-13)5-9(8)10-11(7)2/h3-5H2,1-2H3. The number of aryl methyl sites for hydroxylation is 1. The van der Waals surface area contributed by atoms with E-state index in [2.05, 4.69) is 31.4 Å². The fourth-order valence-electron chi connectivity index (χ4n) is 1.76. The van der Waals surface area contributed by atoms with Crippen molar-refractivity contribution in [1.29, 1.82) is 0 Å². The van der Waals surface area contributed by atoms with Crippen molar-refractivity contribution in [3.05, 3.63) is 17.0 Å². The third-order valence-corrected chi connectivity index (χ3v) is 2.94. The minimum atomic E-state index is 0.848. The molecule has 0 bridgehead atoms. The Balaban J connectivity index is 2.38. The van der Waals surface area contributed by atoms with Gasteiger partial charge in [-0.3, -0.25) is 0 Å². The fraction of sp³-hybridized carbons (Fsp3) is 0.556. The molecule has 1 aromatic heterocycles. The number of aromatic nitrogens is 2. The summed E-state index contributed by atoms with van der Waals surface area (Å²) in [6.07, 6.45) is 1.06. The molecule has 0 radical (unpaired) electrons. The van der Waals surface area contributed by atoms with Crippen LogP contribution in [0.25, 0.3) is 0 Å². The summed E-state index contributed by atoms with van der Waals surface area (Å²) in [5.41, 5.74) is 3.86. The van der Waals surface area contributed by atoms with Gasteiger partial charge in [0.05, 0.1) is 0 Å². The minimum absolute atomic E-state index is 0.848. The van der Waals surface area contributed by atoms with Gasteiger partial charge in [-0.2, -0.15) is 0 Å². The molecule has 0 aliphatic carbocycles. The molecule has 13 heavy (non-hydrogen) atoms. The van der Waals surface area contributed by atoms with Gasteiger partial charge in [0, 0.05) is 0 Å². The first kappa shape index (κ1) is 8.96. The molecule has 0 N–H and O–H groups in total. The molecule has 1 aromatic rings. The van der Waals surface area contributed by atoms with Crippen LogP contribution in [0.5, 0.6) is 0 Å². The van der Waals surface area contributed by atoms with Crippen molar-refractivity contribution < 1.29 is 0 Å². The van der Waals surface area contributed by atoms with Gasteiger partial charge < -0.3 is 0 Å². The topological polar surface area (TPSA) is 21.1 Å². The Kier molecular flexibility index (Phi) is 2.25. The van der Waals surface area contributed by atoms with Gasteiger partial charge in [0.1, 0.15) is 0 Å². The van der Waals surface area contributed by atoms with E-state index in [0.717, 1.165) is 19.5 Å². The van der Waals surface area contributed by atoms with Gasteiger partial charge in [-0.25, -0.2) is 0 Å². The second-order valence-electron chi connectivity index (χ2n) is 3.41. The molecule has 2 rings (SSSR count). The first-order valence-electron chi connectivity index (χ1n) is 4.38. The second kappa shape index (κ2) is 3.26. The number of hydrogen-bond donors (Lipinski definition) is 0. The fourth-order valence-corrected chi connectivity index (χ4v) is 1.94. The molecule has 1 aliphatic rings. The van der Waals surface area contributed by atoms with Gasteiger partial charge in [0.2, 0.25) is 0 Å². The monoisotopic (exact) mass is 193 g/mol. The Morgan fingerprint density at radius 1 is 1.54 bits per heavy atom. The molecule has 3 nitrogen and oxygen atoms in total. The molecule has 0 saturated carbocycles. The summed E-state index contributed by atoms with van der Waals surface area (Å²) >= 11 is 0. The summed E-state index contributed by atoms with van der Waals surface area (Å²) in [5, 5.41) is 4.45. The zero-order chi connectivity index (χ0) is 9.42. The van der Waals surface area contributed by atoms with Gasteiger partial charge in [-0.1, -0.05) is 0 Å². The zero-order valence-electron chi connectivity index (χ0n) is 7.91. The summed E-state index contributed by atoms with van der Waals surface area (Å²) in [4.78, 5) is 2.05. The Bertz CT molecular complexity index is 375. The third-order valence-electron chi connectivity index (χ3n) is 2.65. The van der Waals surface area contributed by atoms with Crippen LogP contribution in [0.2, 0.25) is 0 Å². The van der Waals surface area contributed by atoms with E-state index < -0.39 is 0 Å². The molecular formula is C9H12N3P. The maximum atomic E-state index is 4.45. The predicted molar refractivity (Wildman–Crippen MR) is 52.9 cm³/mol. The molecule has 0 spiro atoms. The van der Waals surface area contributed by atoms with E-state index in [-0.39, 0.29) is 0 Å². The van der Waals surface area contributed by atoms with Crippen LogP contribution in [0, 0.1) is 12.7 Å². The normalized spacial score (nSPS) is 16.7. The Morgan fingerprint density at radius 3 is 3.00 bits per heavy atom. The molecule has 0 aromatic carbocycles. The van der Waals surface area contributed by atoms with Crippen LogP contribution in [0.4, 0.5) is 0 Å². The van der Waals surface area contributed by atoms with Crippen molar-refractivity contribution >= 4 is 8.70 Å². The van der Waals surface area contributed by atoms with Crippen molar-refractivity contribution in [1.82, 2.24) is 14.7 Å². The van der Waals surface area contributed by atoms with Gasteiger partial charge in [0.25, 0.3) is 0 Å². The van der Waals surface area contributed by atoms with Crippen molar-refractivity contribution in [2.75, 3.05) is 6.54 Å². The first-order valence-corrected chi connectivity index (χ1v) is 4.83. The van der Waals surface area contributed by atoms with E-state index in [1.807, 2.05) is 11.7 Å². The van der Waals surface area contributed by atoms with Crippen LogP contribution in [0.3, 0.4) is 0 Å². The summed E-state index contributed by atoms with van der Waals surface area (Å²) in [5.74, 6) is 2.85. The maximum absolute atomic E-state index is 4.45. The van der Waals surface area contributed by atoms with E-state index in [1.165, 1.54) is 17.0 Å². The first-order chi connectivity index (χ1) is 6.22. The van der Waals surface area contributed by atoms with Crippen molar-refractivity contribution in [2.45, 2.75) is 19.9 Å². The molecule has 0 unspecified atom stereocenters. The van der Waals surface area contributed by atoms with Crippen LogP contribution in [-0.4, -0.2) is 21.2 Å². The second-order valence-corrected chi connectivity index (χ2v) is 3.61. The SMILES string of the molecule is Cc1c2c(nn1C)CN(C#P)CC2. The Hall–Kier alpha value is -0.620. The van der Waals surface area contributed by atoms with E-state index in [4.69, 9.17) is 0 Å². The van der Waals surface area contributed by atoms with Crippen molar-refractivity contribution in [2.24, 2.45) is 7.05 Å².